The molecule has 2 aliphatic rings. The van der Waals surface area contributed by atoms with Crippen LogP contribution in [0.2, 0.25) is 0 Å². The van der Waals surface area contributed by atoms with Crippen LogP contribution < -0.4 is 0 Å². The van der Waals surface area contributed by atoms with Gasteiger partial charge in [-0.05, 0) is 50.3 Å². The number of hydrogen-bond acceptors (Lipinski definition) is 4. The first-order valence-corrected chi connectivity index (χ1v) is 9.99. The van der Waals surface area contributed by atoms with Crippen LogP contribution >= 0.6 is 0 Å². The van der Waals surface area contributed by atoms with Gasteiger partial charge in [-0.25, -0.2) is 4.98 Å². The highest BCUT2D eigenvalue weighted by atomic mass is 16.5. The smallest absolute Gasteiger partial charge is 0.223 e. The molecule has 1 aliphatic carbocycles. The first-order valence-electron chi connectivity index (χ1n) is 9.99. The monoisotopic (exact) mass is 368 g/mol. The third-order valence-electron chi connectivity index (χ3n) is 5.68. The van der Waals surface area contributed by atoms with E-state index in [4.69, 9.17) is 9.15 Å². The number of carbonyl (C=O) groups excluding carboxylic acids is 1. The summed E-state index contributed by atoms with van der Waals surface area (Å²) in [5.41, 5.74) is 3.53. The summed E-state index contributed by atoms with van der Waals surface area (Å²) in [7, 11) is 0. The van der Waals surface area contributed by atoms with Crippen LogP contribution in [-0.4, -0.2) is 41.6 Å². The maximum absolute atomic E-state index is 12.8. The summed E-state index contributed by atoms with van der Waals surface area (Å²) in [5, 5.41) is 0. The van der Waals surface area contributed by atoms with Gasteiger partial charge in [-0.2, -0.15) is 0 Å². The van der Waals surface area contributed by atoms with Crippen molar-refractivity contribution in [2.75, 3.05) is 19.8 Å². The zero-order valence-corrected chi connectivity index (χ0v) is 16.2. The van der Waals surface area contributed by atoms with E-state index in [1.807, 2.05) is 0 Å². The lowest BCUT2D eigenvalue weighted by Crippen LogP contribution is -2.37. The Balaban J connectivity index is 1.35. The van der Waals surface area contributed by atoms with E-state index in [0.29, 0.717) is 30.7 Å². The van der Waals surface area contributed by atoms with E-state index in [1.54, 1.807) is 6.20 Å². The molecule has 0 N–H and O–H groups in total. The third kappa shape index (κ3) is 4.41. The highest BCUT2D eigenvalue weighted by Crippen LogP contribution is 2.30. The number of aryl methyl sites for hydroxylation is 3. The van der Waals surface area contributed by atoms with Gasteiger partial charge in [0.25, 0.3) is 0 Å². The molecule has 144 valence electrons. The Bertz CT molecular complexity index is 804. The highest BCUT2D eigenvalue weighted by Gasteiger charge is 2.34. The van der Waals surface area contributed by atoms with Crippen LogP contribution in [0.25, 0.3) is 11.3 Å². The SMILES string of the molecule is Cc1ccc(-c2cnc(CCC(=O)N(C[C@H]3CCOC3)C3CC3)o2)cc1C. The molecular formula is C22H28N2O3. The average Bonchev–Trinajstić information content (AvgIpc) is 3.17. The number of hydrogen-bond donors (Lipinski definition) is 0. The van der Waals surface area contributed by atoms with Crippen LogP contribution in [0.5, 0.6) is 0 Å². The van der Waals surface area contributed by atoms with Gasteiger partial charge in [-0.3, -0.25) is 4.79 Å². The maximum Gasteiger partial charge on any atom is 0.223 e. The molecule has 1 amide bonds. The lowest BCUT2D eigenvalue weighted by Gasteiger charge is -2.25. The minimum absolute atomic E-state index is 0.218. The number of aromatic nitrogens is 1. The summed E-state index contributed by atoms with van der Waals surface area (Å²) >= 11 is 0. The maximum atomic E-state index is 12.8. The standard InChI is InChI=1S/C22H28N2O3/c1-15-3-4-18(11-16(15)2)20-12-23-21(27-20)7-8-22(25)24(19-5-6-19)13-17-9-10-26-14-17/h3-4,11-12,17,19H,5-10,13-14H2,1-2H3/t17-/m1/s1. The Hall–Kier alpha value is -2.14. The van der Waals surface area contributed by atoms with Gasteiger partial charge in [0.1, 0.15) is 0 Å². The van der Waals surface area contributed by atoms with Crippen molar-refractivity contribution in [3.63, 3.8) is 0 Å². The number of ether oxygens (including phenoxy) is 1. The topological polar surface area (TPSA) is 55.6 Å². The van der Waals surface area contributed by atoms with Crippen LogP contribution in [0.15, 0.2) is 28.8 Å². The van der Waals surface area contributed by atoms with E-state index >= 15 is 0 Å². The number of benzene rings is 1. The van der Waals surface area contributed by atoms with Crippen molar-refractivity contribution in [3.8, 4) is 11.3 Å². The van der Waals surface area contributed by atoms with Crippen molar-refractivity contribution < 1.29 is 13.9 Å². The molecule has 1 aromatic carbocycles. The van der Waals surface area contributed by atoms with Crippen molar-refractivity contribution in [1.82, 2.24) is 9.88 Å². The first kappa shape index (κ1) is 18.2. The molecule has 0 radical (unpaired) electrons. The van der Waals surface area contributed by atoms with Crippen molar-refractivity contribution >= 4 is 5.91 Å². The molecule has 27 heavy (non-hydrogen) atoms. The predicted molar refractivity (Wildman–Crippen MR) is 103 cm³/mol. The third-order valence-corrected chi connectivity index (χ3v) is 5.68. The van der Waals surface area contributed by atoms with Crippen molar-refractivity contribution in [1.29, 1.82) is 0 Å². The van der Waals surface area contributed by atoms with Gasteiger partial charge in [0.15, 0.2) is 11.7 Å². The van der Waals surface area contributed by atoms with Gasteiger partial charge >= 0.3 is 0 Å². The van der Waals surface area contributed by atoms with Gasteiger partial charge in [-0.1, -0.05) is 12.1 Å². The molecule has 2 aromatic rings. The summed E-state index contributed by atoms with van der Waals surface area (Å²) in [6.07, 6.45) is 6.10. The molecule has 1 saturated heterocycles. The van der Waals surface area contributed by atoms with E-state index < -0.39 is 0 Å². The van der Waals surface area contributed by atoms with Gasteiger partial charge in [0.05, 0.1) is 12.8 Å². The van der Waals surface area contributed by atoms with Gasteiger partial charge in [0, 0.05) is 43.5 Å². The molecule has 0 unspecified atom stereocenters. The van der Waals surface area contributed by atoms with Crippen LogP contribution in [-0.2, 0) is 16.0 Å². The second-order valence-electron chi connectivity index (χ2n) is 7.92. The van der Waals surface area contributed by atoms with Gasteiger partial charge in [-0.15, -0.1) is 0 Å². The molecule has 0 spiro atoms. The summed E-state index contributed by atoms with van der Waals surface area (Å²) in [4.78, 5) is 19.2. The predicted octanol–water partition coefficient (Wildman–Crippen LogP) is 3.92. The summed E-state index contributed by atoms with van der Waals surface area (Å²) in [6.45, 7) is 6.64. The van der Waals surface area contributed by atoms with Crippen LogP contribution in [0, 0.1) is 19.8 Å². The van der Waals surface area contributed by atoms with E-state index in [9.17, 15) is 4.79 Å². The quantitative estimate of drug-likeness (QED) is 0.743. The number of amides is 1. The van der Waals surface area contributed by atoms with Gasteiger partial charge < -0.3 is 14.1 Å². The van der Waals surface area contributed by atoms with Crippen LogP contribution in [0.3, 0.4) is 0 Å². The Morgan fingerprint density at radius 1 is 1.22 bits per heavy atom. The molecular weight excluding hydrogens is 340 g/mol. The number of carbonyl (C=O) groups is 1. The van der Waals surface area contributed by atoms with Crippen LogP contribution in [0.4, 0.5) is 0 Å². The largest absolute Gasteiger partial charge is 0.441 e. The van der Waals surface area contributed by atoms with Gasteiger partial charge in [0.2, 0.25) is 5.91 Å². The van der Waals surface area contributed by atoms with Crippen molar-refractivity contribution in [2.45, 2.75) is 52.0 Å². The zero-order valence-electron chi connectivity index (χ0n) is 16.2. The van der Waals surface area contributed by atoms with E-state index in [0.717, 1.165) is 50.3 Å². The Morgan fingerprint density at radius 3 is 2.78 bits per heavy atom. The van der Waals surface area contributed by atoms with Crippen LogP contribution in [0.1, 0.15) is 42.7 Å². The normalized spacial score (nSPS) is 19.4. The van der Waals surface area contributed by atoms with E-state index in [2.05, 4.69) is 41.9 Å². The number of rotatable bonds is 7. The number of nitrogens with zero attached hydrogens (tertiary/aromatic N) is 2. The van der Waals surface area contributed by atoms with E-state index in [-0.39, 0.29) is 5.91 Å². The highest BCUT2D eigenvalue weighted by molar-refractivity contribution is 5.77. The Labute approximate surface area is 160 Å². The molecule has 1 saturated carbocycles. The summed E-state index contributed by atoms with van der Waals surface area (Å²) < 4.78 is 11.4. The molecule has 5 heteroatoms. The second kappa shape index (κ2) is 7.85. The lowest BCUT2D eigenvalue weighted by atomic mass is 10.1. The molecule has 5 nitrogen and oxygen atoms in total. The average molecular weight is 368 g/mol. The minimum Gasteiger partial charge on any atom is -0.441 e. The summed E-state index contributed by atoms with van der Waals surface area (Å²) in [6, 6.07) is 6.70. The lowest BCUT2D eigenvalue weighted by molar-refractivity contribution is -0.132. The molecule has 1 atom stereocenters. The molecule has 1 aliphatic heterocycles. The first-order chi connectivity index (χ1) is 13.1. The van der Waals surface area contributed by atoms with Crippen molar-refractivity contribution in [2.24, 2.45) is 5.92 Å². The molecule has 1 aromatic heterocycles. The van der Waals surface area contributed by atoms with Crippen molar-refractivity contribution in [3.05, 3.63) is 41.4 Å². The Kier molecular flexibility index (Phi) is 5.30. The van der Waals surface area contributed by atoms with E-state index in [1.165, 1.54) is 11.1 Å². The zero-order chi connectivity index (χ0) is 18.8. The summed E-state index contributed by atoms with van der Waals surface area (Å²) in [5.74, 6) is 2.11. The molecule has 2 heterocycles. The molecule has 2 fully saturated rings. The fourth-order valence-corrected chi connectivity index (χ4v) is 3.66. The molecule has 0 bridgehead atoms. The fourth-order valence-electron chi connectivity index (χ4n) is 3.66. The molecule has 4 rings (SSSR count). The number of oxazole rings is 1. The fraction of sp³-hybridized carbons (Fsp3) is 0.545. The minimum atomic E-state index is 0.218. The second-order valence-corrected chi connectivity index (χ2v) is 7.92. The Morgan fingerprint density at radius 2 is 2.07 bits per heavy atom.